The van der Waals surface area contributed by atoms with Crippen molar-refractivity contribution in [3.63, 3.8) is 0 Å². The average molecular weight is 600 g/mol. The molecule has 13 heteroatoms. The molecule has 0 radical (unpaired) electrons. The van der Waals surface area contributed by atoms with Crippen LogP contribution in [0.2, 0.25) is 5.02 Å². The summed E-state index contributed by atoms with van der Waals surface area (Å²) in [6, 6.07) is 13.4. The molecule has 0 spiro atoms. The number of benzene rings is 3. The first-order valence-corrected chi connectivity index (χ1v) is 13.8. The van der Waals surface area contributed by atoms with Crippen molar-refractivity contribution in [1.29, 1.82) is 0 Å². The summed E-state index contributed by atoms with van der Waals surface area (Å²) < 4.78 is 82.2. The van der Waals surface area contributed by atoms with E-state index in [1.807, 2.05) is 0 Å². The van der Waals surface area contributed by atoms with Crippen LogP contribution in [0.1, 0.15) is 25.0 Å². The molecule has 3 rings (SSSR count). The van der Waals surface area contributed by atoms with E-state index in [0.717, 1.165) is 29.2 Å². The fourth-order valence-electron chi connectivity index (χ4n) is 3.83. The number of alkyl halides is 3. The third-order valence-electron chi connectivity index (χ3n) is 5.94. The maximum Gasteiger partial charge on any atom is 0.417 e. The van der Waals surface area contributed by atoms with Crippen molar-refractivity contribution in [1.82, 2.24) is 10.2 Å². The number of nitrogens with one attached hydrogen (secondary N) is 1. The van der Waals surface area contributed by atoms with Crippen LogP contribution >= 0.6 is 11.6 Å². The molecular weight excluding hydrogens is 574 g/mol. The molecule has 0 heterocycles. The highest BCUT2D eigenvalue weighted by atomic mass is 35.5. The van der Waals surface area contributed by atoms with Gasteiger partial charge in [0.2, 0.25) is 11.8 Å². The van der Waals surface area contributed by atoms with Gasteiger partial charge < -0.3 is 10.2 Å². The number of amides is 2. The van der Waals surface area contributed by atoms with Gasteiger partial charge in [-0.3, -0.25) is 13.9 Å². The summed E-state index contributed by atoms with van der Waals surface area (Å²) in [5, 5.41) is 1.93. The normalized spacial score (nSPS) is 12.5. The van der Waals surface area contributed by atoms with Gasteiger partial charge in [-0.15, -0.1) is 0 Å². The van der Waals surface area contributed by atoms with Gasteiger partial charge in [0.25, 0.3) is 10.0 Å². The fraction of sp³-hybridized carbons (Fsp3) is 0.259. The molecule has 0 saturated heterocycles. The predicted molar refractivity (Wildman–Crippen MR) is 143 cm³/mol. The lowest BCUT2D eigenvalue weighted by Crippen LogP contribution is -2.51. The number of rotatable bonds is 10. The lowest BCUT2D eigenvalue weighted by Gasteiger charge is -2.32. The second kappa shape index (κ2) is 12.7. The zero-order valence-electron chi connectivity index (χ0n) is 21.5. The van der Waals surface area contributed by atoms with Gasteiger partial charge in [0.1, 0.15) is 18.4 Å². The molecule has 40 heavy (non-hydrogen) atoms. The quantitative estimate of drug-likeness (QED) is 0.323. The van der Waals surface area contributed by atoms with Crippen LogP contribution in [-0.2, 0) is 32.3 Å². The number of halogens is 5. The molecule has 0 bridgehead atoms. The molecule has 3 aromatic carbocycles. The van der Waals surface area contributed by atoms with Gasteiger partial charge in [-0.05, 0) is 61.9 Å². The SMILES string of the molecule is CCNC(=O)[C@@H](C)N(Cc1ccc(F)cc1)C(=O)CN(c1ccc(Cl)c(C(F)(F)F)c1)S(=O)(=O)c1ccccc1. The lowest BCUT2D eigenvalue weighted by molar-refractivity contribution is -0.139. The van der Waals surface area contributed by atoms with E-state index in [0.29, 0.717) is 15.9 Å². The Morgan fingerprint density at radius 1 is 1.00 bits per heavy atom. The maximum absolute atomic E-state index is 13.7. The predicted octanol–water partition coefficient (Wildman–Crippen LogP) is 5.25. The number of anilines is 1. The minimum absolute atomic E-state index is 0.203. The Hall–Kier alpha value is -3.64. The monoisotopic (exact) mass is 599 g/mol. The van der Waals surface area contributed by atoms with E-state index >= 15 is 0 Å². The van der Waals surface area contributed by atoms with Gasteiger partial charge in [0.05, 0.1) is 21.2 Å². The first kappa shape index (κ1) is 30.9. The zero-order chi connectivity index (χ0) is 29.7. The molecule has 1 atom stereocenters. The molecule has 3 aromatic rings. The van der Waals surface area contributed by atoms with Gasteiger partial charge in [-0.1, -0.05) is 41.9 Å². The van der Waals surface area contributed by atoms with Crippen LogP contribution < -0.4 is 9.62 Å². The Bertz CT molecular complexity index is 1450. The first-order valence-electron chi connectivity index (χ1n) is 12.0. The Morgan fingerprint density at radius 3 is 2.20 bits per heavy atom. The lowest BCUT2D eigenvalue weighted by atomic mass is 10.1. The first-order chi connectivity index (χ1) is 18.8. The Labute approximate surface area is 234 Å². The molecule has 0 aliphatic carbocycles. The number of carbonyl (C=O) groups excluding carboxylic acids is 2. The molecule has 0 aliphatic rings. The molecule has 1 N–H and O–H groups in total. The number of hydrogen-bond donors (Lipinski definition) is 1. The number of likely N-dealkylation sites (N-methyl/N-ethyl adjacent to an activating group) is 1. The van der Waals surface area contributed by atoms with Gasteiger partial charge in [0, 0.05) is 13.1 Å². The van der Waals surface area contributed by atoms with E-state index in [1.54, 1.807) is 13.0 Å². The third kappa shape index (κ3) is 7.30. The highest BCUT2D eigenvalue weighted by Crippen LogP contribution is 2.38. The average Bonchev–Trinajstić information content (AvgIpc) is 2.91. The second-order valence-corrected chi connectivity index (χ2v) is 11.0. The Kier molecular flexibility index (Phi) is 9.80. The standard InChI is InChI=1S/C27H26ClF4N3O4S/c1-3-33-26(37)18(2)34(16-19-9-11-20(29)12-10-19)25(36)17-35(40(38,39)22-7-5-4-6-8-22)21-13-14-24(28)23(15-21)27(30,31)32/h4-15,18H,3,16-17H2,1-2H3,(H,33,37)/t18-/m1/s1. The summed E-state index contributed by atoms with van der Waals surface area (Å²) in [5.41, 5.74) is -1.30. The van der Waals surface area contributed by atoms with Crippen molar-refractivity contribution in [2.24, 2.45) is 0 Å². The topological polar surface area (TPSA) is 86.8 Å². The van der Waals surface area contributed by atoms with Crippen molar-refractivity contribution >= 4 is 39.1 Å². The van der Waals surface area contributed by atoms with Gasteiger partial charge >= 0.3 is 6.18 Å². The summed E-state index contributed by atoms with van der Waals surface area (Å²) in [6.07, 6.45) is -4.90. The number of carbonyl (C=O) groups is 2. The smallest absolute Gasteiger partial charge is 0.355 e. The molecule has 0 fully saturated rings. The van der Waals surface area contributed by atoms with Crippen molar-refractivity contribution in [3.05, 3.63) is 94.8 Å². The molecule has 0 aromatic heterocycles. The molecule has 0 saturated carbocycles. The largest absolute Gasteiger partial charge is 0.417 e. The van der Waals surface area contributed by atoms with E-state index in [2.05, 4.69) is 5.32 Å². The highest BCUT2D eigenvalue weighted by Gasteiger charge is 2.36. The molecule has 7 nitrogen and oxygen atoms in total. The number of nitrogens with zero attached hydrogens (tertiary/aromatic N) is 2. The van der Waals surface area contributed by atoms with Crippen LogP contribution in [0.3, 0.4) is 0 Å². The van der Waals surface area contributed by atoms with E-state index in [9.17, 15) is 35.6 Å². The summed E-state index contributed by atoms with van der Waals surface area (Å²) in [5.74, 6) is -1.95. The van der Waals surface area contributed by atoms with Crippen molar-refractivity contribution < 1.29 is 35.6 Å². The van der Waals surface area contributed by atoms with E-state index in [4.69, 9.17) is 11.6 Å². The highest BCUT2D eigenvalue weighted by molar-refractivity contribution is 7.92. The summed E-state index contributed by atoms with van der Waals surface area (Å²) in [6.45, 7) is 2.20. The molecule has 0 aliphatic heterocycles. The zero-order valence-corrected chi connectivity index (χ0v) is 23.0. The van der Waals surface area contributed by atoms with Crippen LogP contribution in [0.5, 0.6) is 0 Å². The number of hydrogen-bond acceptors (Lipinski definition) is 4. The van der Waals surface area contributed by atoms with Crippen LogP contribution in [0.4, 0.5) is 23.2 Å². The van der Waals surface area contributed by atoms with E-state index in [-0.39, 0.29) is 18.0 Å². The second-order valence-electron chi connectivity index (χ2n) is 8.71. The minimum atomic E-state index is -4.90. The van der Waals surface area contributed by atoms with Gasteiger partial charge in [-0.25, -0.2) is 12.8 Å². The molecular formula is C27H26ClF4N3O4S. The van der Waals surface area contributed by atoms with Crippen molar-refractivity contribution in [2.45, 2.75) is 37.5 Å². The molecule has 2 amide bonds. The van der Waals surface area contributed by atoms with Crippen LogP contribution in [0.15, 0.2) is 77.7 Å². The third-order valence-corrected chi connectivity index (χ3v) is 8.06. The van der Waals surface area contributed by atoms with Crippen molar-refractivity contribution in [3.8, 4) is 0 Å². The van der Waals surface area contributed by atoms with Crippen LogP contribution in [-0.4, -0.2) is 44.3 Å². The van der Waals surface area contributed by atoms with E-state index < -0.39 is 62.7 Å². The maximum atomic E-state index is 13.7. The molecule has 0 unspecified atom stereocenters. The van der Waals surface area contributed by atoms with Gasteiger partial charge in [-0.2, -0.15) is 13.2 Å². The Morgan fingerprint density at radius 2 is 1.62 bits per heavy atom. The summed E-state index contributed by atoms with van der Waals surface area (Å²) in [7, 11) is -4.57. The number of sulfonamides is 1. The fourth-order valence-corrected chi connectivity index (χ4v) is 5.48. The minimum Gasteiger partial charge on any atom is -0.355 e. The van der Waals surface area contributed by atoms with Gasteiger partial charge in [0.15, 0.2) is 0 Å². The molecule has 214 valence electrons. The van der Waals surface area contributed by atoms with Crippen LogP contribution in [0, 0.1) is 5.82 Å². The van der Waals surface area contributed by atoms with E-state index in [1.165, 1.54) is 43.3 Å². The Balaban J connectivity index is 2.10. The summed E-state index contributed by atoms with van der Waals surface area (Å²) in [4.78, 5) is 27.2. The van der Waals surface area contributed by atoms with Crippen LogP contribution in [0.25, 0.3) is 0 Å². The summed E-state index contributed by atoms with van der Waals surface area (Å²) >= 11 is 5.75. The van der Waals surface area contributed by atoms with Crippen molar-refractivity contribution in [2.75, 3.05) is 17.4 Å².